The van der Waals surface area contributed by atoms with Gasteiger partial charge in [0.1, 0.15) is 6.10 Å². The molecule has 0 bridgehead atoms. The number of rotatable bonds is 6. The maximum Gasteiger partial charge on any atom is 0.167 e. The monoisotopic (exact) mass is 469 g/mol. The van der Waals surface area contributed by atoms with Crippen LogP contribution < -0.4 is 0 Å². The minimum atomic E-state index is -1.01. The number of hydroxylamine groups is 2. The molecule has 0 aliphatic carbocycles. The van der Waals surface area contributed by atoms with E-state index in [4.69, 9.17) is 16.4 Å². The van der Waals surface area contributed by atoms with Gasteiger partial charge in [-0.15, -0.1) is 0 Å². The molecule has 0 saturated carbocycles. The summed E-state index contributed by atoms with van der Waals surface area (Å²) in [6.45, 7) is 4.30. The Morgan fingerprint density at radius 2 is 1.32 bits per heavy atom. The van der Waals surface area contributed by atoms with Crippen molar-refractivity contribution >= 4 is 11.6 Å². The van der Waals surface area contributed by atoms with Gasteiger partial charge in [0.25, 0.3) is 0 Å². The summed E-state index contributed by atoms with van der Waals surface area (Å²) in [7, 11) is 0. The third-order valence-electron chi connectivity index (χ3n) is 6.85. The normalized spacial score (nSPS) is 21.6. The average Bonchev–Trinajstić information content (AvgIpc) is 2.86. The first kappa shape index (κ1) is 22.8. The van der Waals surface area contributed by atoms with Crippen LogP contribution in [0.5, 0.6) is 0 Å². The molecule has 5 rings (SSSR count). The summed E-state index contributed by atoms with van der Waals surface area (Å²) in [5.41, 5.74) is 2.42. The van der Waals surface area contributed by atoms with Crippen LogP contribution in [0.2, 0.25) is 5.02 Å². The Kier molecular flexibility index (Phi) is 6.05. The van der Waals surface area contributed by atoms with Gasteiger partial charge < -0.3 is 5.11 Å². The Hall–Kier alpha value is -2.95. The SMILES string of the molecule is CC(C)(c1ccccc1)N1OC(c2ccccc2)([C@@H](O)c2ccccc2)[C@@H]1c1ccc(Cl)cc1. The topological polar surface area (TPSA) is 32.7 Å². The summed E-state index contributed by atoms with van der Waals surface area (Å²) in [5.74, 6) is 0. The second-order valence-corrected chi connectivity index (χ2v) is 9.71. The Bertz CT molecular complexity index is 1230. The van der Waals surface area contributed by atoms with E-state index in [9.17, 15) is 5.11 Å². The minimum Gasteiger partial charge on any atom is -0.385 e. The number of benzene rings is 4. The molecule has 1 heterocycles. The van der Waals surface area contributed by atoms with Crippen molar-refractivity contribution in [2.75, 3.05) is 0 Å². The largest absolute Gasteiger partial charge is 0.385 e. The molecule has 0 radical (unpaired) electrons. The molecule has 1 N–H and O–H groups in total. The van der Waals surface area contributed by atoms with E-state index in [1.54, 1.807) is 0 Å². The fourth-order valence-corrected chi connectivity index (χ4v) is 5.10. The summed E-state index contributed by atoms with van der Waals surface area (Å²) >= 11 is 6.25. The summed E-state index contributed by atoms with van der Waals surface area (Å²) in [4.78, 5) is 6.80. The van der Waals surface area contributed by atoms with E-state index >= 15 is 0 Å². The Balaban J connectivity index is 1.69. The van der Waals surface area contributed by atoms with Crippen molar-refractivity contribution in [2.45, 2.75) is 37.1 Å². The first-order valence-electron chi connectivity index (χ1n) is 11.5. The molecule has 0 spiro atoms. The quantitative estimate of drug-likeness (QED) is 0.324. The van der Waals surface area contributed by atoms with Crippen molar-refractivity contribution in [1.29, 1.82) is 0 Å². The zero-order chi connectivity index (χ0) is 23.8. The van der Waals surface area contributed by atoms with Crippen LogP contribution in [-0.2, 0) is 16.0 Å². The zero-order valence-electron chi connectivity index (χ0n) is 19.3. The van der Waals surface area contributed by atoms with E-state index in [1.807, 2.05) is 108 Å². The van der Waals surface area contributed by atoms with Crippen LogP contribution in [0.4, 0.5) is 0 Å². The van der Waals surface area contributed by atoms with E-state index in [2.05, 4.69) is 26.0 Å². The predicted octanol–water partition coefficient (Wildman–Crippen LogP) is 7.19. The number of aliphatic hydroxyl groups is 1. The van der Waals surface area contributed by atoms with Gasteiger partial charge in [-0.1, -0.05) is 115 Å². The van der Waals surface area contributed by atoms with Gasteiger partial charge in [0.15, 0.2) is 5.60 Å². The van der Waals surface area contributed by atoms with E-state index in [0.717, 1.165) is 22.3 Å². The van der Waals surface area contributed by atoms with Crippen LogP contribution in [0.25, 0.3) is 0 Å². The van der Waals surface area contributed by atoms with Crippen LogP contribution in [0, 0.1) is 0 Å². The van der Waals surface area contributed by atoms with Crippen LogP contribution in [0.3, 0.4) is 0 Å². The maximum atomic E-state index is 11.9. The van der Waals surface area contributed by atoms with Crippen LogP contribution in [-0.4, -0.2) is 10.2 Å². The van der Waals surface area contributed by atoms with Crippen molar-refractivity contribution in [1.82, 2.24) is 5.06 Å². The lowest BCUT2D eigenvalue weighted by Crippen LogP contribution is -2.66. The van der Waals surface area contributed by atoms with Crippen molar-refractivity contribution in [2.24, 2.45) is 0 Å². The Labute approximate surface area is 206 Å². The lowest BCUT2D eigenvalue weighted by molar-refractivity contribution is -0.460. The summed E-state index contributed by atoms with van der Waals surface area (Å²) in [6.07, 6.45) is -0.889. The van der Waals surface area contributed by atoms with Crippen LogP contribution >= 0.6 is 11.6 Å². The van der Waals surface area contributed by atoms with Gasteiger partial charge in [-0.05, 0) is 48.2 Å². The fourth-order valence-electron chi connectivity index (χ4n) is 4.98. The summed E-state index contributed by atoms with van der Waals surface area (Å²) in [6, 6.07) is 37.6. The maximum absolute atomic E-state index is 11.9. The van der Waals surface area contributed by atoms with E-state index < -0.39 is 17.2 Å². The van der Waals surface area contributed by atoms with Gasteiger partial charge in [0, 0.05) is 5.02 Å². The van der Waals surface area contributed by atoms with Gasteiger partial charge in [0.05, 0.1) is 11.6 Å². The lowest BCUT2D eigenvalue weighted by atomic mass is 9.72. The first-order chi connectivity index (χ1) is 16.4. The highest BCUT2D eigenvalue weighted by Crippen LogP contribution is 2.61. The number of nitrogens with zero attached hydrogens (tertiary/aromatic N) is 1. The molecule has 4 aromatic rings. The van der Waals surface area contributed by atoms with E-state index in [-0.39, 0.29) is 6.04 Å². The standard InChI is InChI=1S/C30H28ClNO2/c1-29(2,24-14-8-4-9-15-24)32-27(22-18-20-26(31)21-19-22)30(34-32,25-16-10-5-11-17-25)28(33)23-12-6-3-7-13-23/h3-21,27-28,33H,1-2H3/t27-,28-,30?/m0/s1. The Morgan fingerprint density at radius 3 is 1.91 bits per heavy atom. The van der Waals surface area contributed by atoms with Gasteiger partial charge in [-0.25, -0.2) is 0 Å². The van der Waals surface area contributed by atoms with Gasteiger partial charge >= 0.3 is 0 Å². The predicted molar refractivity (Wildman–Crippen MR) is 136 cm³/mol. The molecule has 0 amide bonds. The smallest absolute Gasteiger partial charge is 0.167 e. The van der Waals surface area contributed by atoms with Gasteiger partial charge in [0.2, 0.25) is 0 Å². The molecule has 1 aliphatic heterocycles. The third kappa shape index (κ3) is 3.75. The molecule has 4 heteroatoms. The van der Waals surface area contributed by atoms with Crippen LogP contribution in [0.1, 0.15) is 48.2 Å². The fraction of sp³-hybridized carbons (Fsp3) is 0.200. The molecule has 34 heavy (non-hydrogen) atoms. The van der Waals surface area contributed by atoms with Gasteiger partial charge in [-0.3, -0.25) is 4.84 Å². The number of halogens is 1. The number of hydrogen-bond acceptors (Lipinski definition) is 3. The van der Waals surface area contributed by atoms with Crippen molar-refractivity contribution in [3.8, 4) is 0 Å². The molecule has 4 aromatic carbocycles. The minimum absolute atomic E-state index is 0.266. The molecule has 1 aliphatic rings. The van der Waals surface area contributed by atoms with E-state index in [0.29, 0.717) is 5.02 Å². The van der Waals surface area contributed by atoms with E-state index in [1.165, 1.54) is 0 Å². The second kappa shape index (κ2) is 9.01. The number of hydrogen-bond donors (Lipinski definition) is 1. The molecular formula is C30H28ClNO2. The Morgan fingerprint density at radius 1 is 0.794 bits per heavy atom. The van der Waals surface area contributed by atoms with Crippen molar-refractivity contribution < 1.29 is 9.94 Å². The third-order valence-corrected chi connectivity index (χ3v) is 7.11. The lowest BCUT2D eigenvalue weighted by Gasteiger charge is -2.63. The first-order valence-corrected chi connectivity index (χ1v) is 11.9. The molecule has 1 saturated heterocycles. The zero-order valence-corrected chi connectivity index (χ0v) is 20.1. The van der Waals surface area contributed by atoms with Gasteiger partial charge in [-0.2, -0.15) is 5.06 Å². The van der Waals surface area contributed by atoms with Crippen molar-refractivity contribution in [3.05, 3.63) is 143 Å². The molecule has 3 atom stereocenters. The van der Waals surface area contributed by atoms with Crippen LogP contribution in [0.15, 0.2) is 115 Å². The molecule has 1 fully saturated rings. The summed E-state index contributed by atoms with van der Waals surface area (Å²) < 4.78 is 0. The number of aliphatic hydroxyl groups excluding tert-OH is 1. The molecule has 0 aromatic heterocycles. The highest BCUT2D eigenvalue weighted by atomic mass is 35.5. The average molecular weight is 470 g/mol. The molecule has 3 nitrogen and oxygen atoms in total. The molecular weight excluding hydrogens is 442 g/mol. The highest BCUT2D eigenvalue weighted by molar-refractivity contribution is 6.30. The molecule has 172 valence electrons. The highest BCUT2D eigenvalue weighted by Gasteiger charge is 2.64. The van der Waals surface area contributed by atoms with Crippen molar-refractivity contribution in [3.63, 3.8) is 0 Å². The second-order valence-electron chi connectivity index (χ2n) is 9.27. The summed E-state index contributed by atoms with van der Waals surface area (Å²) in [5, 5.41) is 14.6. The molecule has 1 unspecified atom stereocenters.